The van der Waals surface area contributed by atoms with Crippen molar-refractivity contribution < 1.29 is 33.4 Å². The van der Waals surface area contributed by atoms with Gasteiger partial charge in [-0.05, 0) is 48.5 Å². The van der Waals surface area contributed by atoms with Crippen LogP contribution in [-0.2, 0) is 9.47 Å². The van der Waals surface area contributed by atoms with Gasteiger partial charge in [0.25, 0.3) is 11.8 Å². The van der Waals surface area contributed by atoms with Gasteiger partial charge in [-0.25, -0.2) is 24.4 Å². The molecule has 2 aromatic heterocycles. The van der Waals surface area contributed by atoms with E-state index in [0.717, 1.165) is 0 Å². The zero-order valence-electron chi connectivity index (χ0n) is 21.5. The van der Waals surface area contributed by atoms with Gasteiger partial charge in [-0.2, -0.15) is 0 Å². The molecule has 0 bridgehead atoms. The van der Waals surface area contributed by atoms with E-state index in [-0.39, 0.29) is 22.3 Å². The number of hydrogen-bond acceptors (Lipinski definition) is 9. The molecule has 0 atom stereocenters. The quantitative estimate of drug-likeness (QED) is 0.218. The van der Waals surface area contributed by atoms with E-state index in [9.17, 15) is 24.0 Å². The van der Waals surface area contributed by atoms with Gasteiger partial charge in [0.2, 0.25) is 0 Å². The SMILES string of the molecule is O=C(OC(=O)c1ccccc1C(=O)n1cnc2ccccc21)OC(=O)c1ccccc1C(=O)n1cnc2ccccc21. The van der Waals surface area contributed by atoms with Gasteiger partial charge < -0.3 is 9.47 Å². The Bertz CT molecular complexity index is 1910. The highest BCUT2D eigenvalue weighted by Crippen LogP contribution is 2.20. The van der Waals surface area contributed by atoms with Crippen molar-refractivity contribution in [2.45, 2.75) is 0 Å². The lowest BCUT2D eigenvalue weighted by atomic mass is 10.1. The summed E-state index contributed by atoms with van der Waals surface area (Å²) in [4.78, 5) is 73.3. The zero-order chi connectivity index (χ0) is 29.2. The first-order valence-corrected chi connectivity index (χ1v) is 12.5. The molecule has 4 aromatic carbocycles. The second kappa shape index (κ2) is 10.7. The van der Waals surface area contributed by atoms with E-state index in [1.165, 1.54) is 58.2 Å². The van der Waals surface area contributed by atoms with E-state index in [2.05, 4.69) is 9.97 Å². The highest BCUT2D eigenvalue weighted by molar-refractivity contribution is 6.12. The number of benzene rings is 4. The number of hydrogen-bond donors (Lipinski definition) is 0. The number of esters is 2. The summed E-state index contributed by atoms with van der Waals surface area (Å²) in [5, 5.41) is 0. The number of fused-ring (bicyclic) bond motifs is 2. The summed E-state index contributed by atoms with van der Waals surface area (Å²) in [5.41, 5.74) is 1.61. The zero-order valence-corrected chi connectivity index (χ0v) is 21.5. The summed E-state index contributed by atoms with van der Waals surface area (Å²) in [6, 6.07) is 25.3. The summed E-state index contributed by atoms with van der Waals surface area (Å²) in [5.74, 6) is -3.59. The predicted octanol–water partition coefficient (Wildman–Crippen LogP) is 4.90. The van der Waals surface area contributed by atoms with Crippen LogP contribution >= 0.6 is 0 Å². The highest BCUT2D eigenvalue weighted by Gasteiger charge is 2.26. The third kappa shape index (κ3) is 4.71. The Labute approximate surface area is 236 Å². The standard InChI is InChI=1S/C31H18N4O7/c36-27(34-17-32-23-13-5-7-15-25(23)34)19-9-1-3-11-21(19)29(38)41-31(40)42-30(39)22-12-4-2-10-20(22)28(37)35-18-33-24-14-6-8-16-26(24)35/h1-18H. The maximum Gasteiger partial charge on any atom is 0.524 e. The van der Waals surface area contributed by atoms with Crippen LogP contribution in [0.3, 0.4) is 0 Å². The fraction of sp³-hybridized carbons (Fsp3) is 0. The average Bonchev–Trinajstić information content (AvgIpc) is 3.65. The van der Waals surface area contributed by atoms with Crippen LogP contribution in [0.2, 0.25) is 0 Å². The number of carbonyl (C=O) groups is 5. The van der Waals surface area contributed by atoms with Crippen LogP contribution in [0.15, 0.2) is 110 Å². The molecule has 0 radical (unpaired) electrons. The number of ether oxygens (including phenoxy) is 2. The van der Waals surface area contributed by atoms with Crippen LogP contribution in [0.1, 0.15) is 41.4 Å². The Morgan fingerprint density at radius 1 is 0.476 bits per heavy atom. The number of rotatable bonds is 4. The van der Waals surface area contributed by atoms with E-state index >= 15 is 0 Å². The summed E-state index contributed by atoms with van der Waals surface area (Å²) in [6.07, 6.45) is 1.02. The topological polar surface area (TPSA) is 139 Å². The van der Waals surface area contributed by atoms with E-state index < -0.39 is 29.9 Å². The van der Waals surface area contributed by atoms with Crippen LogP contribution < -0.4 is 0 Å². The third-order valence-corrected chi connectivity index (χ3v) is 6.45. The maximum atomic E-state index is 13.3. The summed E-state index contributed by atoms with van der Waals surface area (Å²) in [7, 11) is 0. The minimum absolute atomic E-state index is 0.0618. The molecule has 11 heteroatoms. The van der Waals surface area contributed by atoms with Gasteiger partial charge in [-0.3, -0.25) is 18.7 Å². The molecule has 0 aliphatic rings. The Balaban J connectivity index is 1.20. The minimum Gasteiger partial charge on any atom is -0.356 e. The molecule has 0 saturated carbocycles. The molecule has 0 saturated heterocycles. The molecule has 0 aliphatic heterocycles. The van der Waals surface area contributed by atoms with Crippen molar-refractivity contribution in [3.8, 4) is 0 Å². The fourth-order valence-electron chi connectivity index (χ4n) is 4.48. The van der Waals surface area contributed by atoms with Crippen molar-refractivity contribution in [1.82, 2.24) is 19.1 Å². The predicted molar refractivity (Wildman–Crippen MR) is 148 cm³/mol. The van der Waals surface area contributed by atoms with Crippen molar-refractivity contribution in [2.24, 2.45) is 0 Å². The number of nitrogens with zero attached hydrogens (tertiary/aromatic N) is 4. The average molecular weight is 559 g/mol. The summed E-state index contributed by atoms with van der Waals surface area (Å²) >= 11 is 0. The maximum absolute atomic E-state index is 13.3. The molecular formula is C31H18N4O7. The number of aromatic nitrogens is 4. The molecule has 6 rings (SSSR count). The second-order valence-corrected chi connectivity index (χ2v) is 8.94. The smallest absolute Gasteiger partial charge is 0.356 e. The van der Waals surface area contributed by atoms with Gasteiger partial charge in [0.1, 0.15) is 12.7 Å². The molecule has 0 unspecified atom stereocenters. The molecule has 2 heterocycles. The fourth-order valence-corrected chi connectivity index (χ4v) is 4.48. The van der Waals surface area contributed by atoms with Crippen molar-refractivity contribution in [2.75, 3.05) is 0 Å². The molecule has 0 spiro atoms. The monoisotopic (exact) mass is 558 g/mol. The lowest BCUT2D eigenvalue weighted by Gasteiger charge is -2.10. The molecule has 0 N–H and O–H groups in total. The number of para-hydroxylation sites is 4. The Morgan fingerprint density at radius 3 is 1.26 bits per heavy atom. The molecule has 0 fully saturated rings. The first-order chi connectivity index (χ1) is 20.4. The minimum atomic E-state index is -1.63. The van der Waals surface area contributed by atoms with Crippen LogP contribution in [0, 0.1) is 0 Å². The normalized spacial score (nSPS) is 10.9. The molecule has 11 nitrogen and oxygen atoms in total. The van der Waals surface area contributed by atoms with Gasteiger partial charge in [0, 0.05) is 0 Å². The van der Waals surface area contributed by atoms with E-state index in [0.29, 0.717) is 22.1 Å². The van der Waals surface area contributed by atoms with Gasteiger partial charge in [0.05, 0.1) is 44.3 Å². The number of carbonyl (C=O) groups excluding carboxylic acids is 5. The van der Waals surface area contributed by atoms with Crippen molar-refractivity contribution >= 4 is 52.0 Å². The van der Waals surface area contributed by atoms with Gasteiger partial charge in [-0.1, -0.05) is 48.5 Å². The number of imidazole rings is 2. The second-order valence-electron chi connectivity index (χ2n) is 8.94. The highest BCUT2D eigenvalue weighted by atomic mass is 16.8. The first-order valence-electron chi connectivity index (χ1n) is 12.5. The largest absolute Gasteiger partial charge is 0.524 e. The molecule has 0 amide bonds. The lowest BCUT2D eigenvalue weighted by molar-refractivity contribution is 0.0333. The molecule has 204 valence electrons. The van der Waals surface area contributed by atoms with Crippen LogP contribution in [0.5, 0.6) is 0 Å². The molecule has 0 aliphatic carbocycles. The Hall–Kier alpha value is -6.23. The summed E-state index contributed by atoms with van der Waals surface area (Å²) in [6.45, 7) is 0. The molecule has 6 aromatic rings. The third-order valence-electron chi connectivity index (χ3n) is 6.45. The summed E-state index contributed by atoms with van der Waals surface area (Å²) < 4.78 is 12.0. The lowest BCUT2D eigenvalue weighted by Crippen LogP contribution is -2.22. The molecule has 42 heavy (non-hydrogen) atoms. The van der Waals surface area contributed by atoms with Gasteiger partial charge in [0.15, 0.2) is 0 Å². The van der Waals surface area contributed by atoms with Crippen LogP contribution in [-0.4, -0.2) is 49.0 Å². The Morgan fingerprint density at radius 2 is 0.833 bits per heavy atom. The molecular weight excluding hydrogens is 540 g/mol. The first kappa shape index (κ1) is 26.0. The van der Waals surface area contributed by atoms with Crippen LogP contribution in [0.4, 0.5) is 4.79 Å². The Kier molecular flexibility index (Phi) is 6.65. The van der Waals surface area contributed by atoms with Crippen molar-refractivity contribution in [3.05, 3.63) is 132 Å². The van der Waals surface area contributed by atoms with E-state index in [1.54, 1.807) is 60.7 Å². The van der Waals surface area contributed by atoms with Crippen LogP contribution in [0.25, 0.3) is 22.1 Å². The van der Waals surface area contributed by atoms with Crippen molar-refractivity contribution in [1.29, 1.82) is 0 Å². The van der Waals surface area contributed by atoms with Crippen molar-refractivity contribution in [3.63, 3.8) is 0 Å². The van der Waals surface area contributed by atoms with E-state index in [1.807, 2.05) is 0 Å². The van der Waals surface area contributed by atoms with Gasteiger partial charge >= 0.3 is 18.1 Å². The van der Waals surface area contributed by atoms with E-state index in [4.69, 9.17) is 9.47 Å². The van der Waals surface area contributed by atoms with Gasteiger partial charge in [-0.15, -0.1) is 0 Å².